The first-order valence-corrected chi connectivity index (χ1v) is 8.84. The van der Waals surface area contributed by atoms with Crippen molar-refractivity contribution in [3.05, 3.63) is 66.7 Å². The van der Waals surface area contributed by atoms with E-state index >= 15 is 0 Å². The van der Waals surface area contributed by atoms with E-state index in [0.717, 1.165) is 45.3 Å². The molecule has 1 heterocycles. The van der Waals surface area contributed by atoms with E-state index in [1.165, 1.54) is 0 Å². The maximum Gasteiger partial charge on any atom is 0.147 e. The van der Waals surface area contributed by atoms with Gasteiger partial charge in [-0.15, -0.1) is 0 Å². The first-order chi connectivity index (χ1) is 13.7. The number of fused-ring (bicyclic) bond motifs is 1. The molecule has 142 valence electrons. The minimum atomic E-state index is 0.725. The molecule has 0 aliphatic heterocycles. The van der Waals surface area contributed by atoms with Crippen molar-refractivity contribution < 1.29 is 14.2 Å². The Morgan fingerprint density at radius 2 is 1.39 bits per heavy atom. The molecule has 6 nitrogen and oxygen atoms in total. The summed E-state index contributed by atoms with van der Waals surface area (Å²) in [5.41, 5.74) is 2.63. The van der Waals surface area contributed by atoms with Gasteiger partial charge < -0.3 is 19.5 Å². The number of hydrogen-bond acceptors (Lipinski definition) is 5. The molecule has 28 heavy (non-hydrogen) atoms. The Labute approximate surface area is 163 Å². The smallest absolute Gasteiger partial charge is 0.147 e. The SMILES string of the molecule is COc1ccc(Nc2c3cccc(OC)c3nn2-c2ccc(OC)cc2)cc1. The van der Waals surface area contributed by atoms with Gasteiger partial charge in [-0.1, -0.05) is 6.07 Å². The second-order valence-electron chi connectivity index (χ2n) is 6.17. The van der Waals surface area contributed by atoms with E-state index < -0.39 is 0 Å². The summed E-state index contributed by atoms with van der Waals surface area (Å²) >= 11 is 0. The Morgan fingerprint density at radius 1 is 0.750 bits per heavy atom. The highest BCUT2D eigenvalue weighted by atomic mass is 16.5. The van der Waals surface area contributed by atoms with Crippen LogP contribution in [0.4, 0.5) is 11.5 Å². The zero-order valence-electron chi connectivity index (χ0n) is 16.0. The third-order valence-corrected chi connectivity index (χ3v) is 4.56. The fourth-order valence-electron chi connectivity index (χ4n) is 3.09. The highest BCUT2D eigenvalue weighted by Crippen LogP contribution is 2.34. The molecule has 6 heteroatoms. The molecule has 0 radical (unpaired) electrons. The molecule has 3 aromatic carbocycles. The van der Waals surface area contributed by atoms with Gasteiger partial charge in [-0.3, -0.25) is 0 Å². The van der Waals surface area contributed by atoms with E-state index in [1.807, 2.05) is 71.4 Å². The zero-order valence-corrected chi connectivity index (χ0v) is 16.0. The molecule has 0 aliphatic rings. The summed E-state index contributed by atoms with van der Waals surface area (Å²) in [5, 5.41) is 9.25. The van der Waals surface area contributed by atoms with Crippen molar-refractivity contribution in [2.45, 2.75) is 0 Å². The number of nitrogens with zero attached hydrogens (tertiary/aromatic N) is 2. The Kier molecular flexibility index (Phi) is 4.76. The van der Waals surface area contributed by atoms with Crippen molar-refractivity contribution in [2.24, 2.45) is 0 Å². The largest absolute Gasteiger partial charge is 0.497 e. The molecule has 0 saturated carbocycles. The van der Waals surface area contributed by atoms with Crippen molar-refractivity contribution >= 4 is 22.4 Å². The molecule has 0 saturated heterocycles. The number of aromatic nitrogens is 2. The molecule has 4 aromatic rings. The van der Waals surface area contributed by atoms with Gasteiger partial charge in [0.05, 0.1) is 27.0 Å². The average Bonchev–Trinajstić information content (AvgIpc) is 3.13. The molecular weight excluding hydrogens is 354 g/mol. The van der Waals surface area contributed by atoms with E-state index in [4.69, 9.17) is 19.3 Å². The maximum absolute atomic E-state index is 5.51. The number of nitrogens with one attached hydrogen (secondary N) is 1. The van der Waals surface area contributed by atoms with Crippen LogP contribution in [-0.4, -0.2) is 31.1 Å². The topological polar surface area (TPSA) is 57.5 Å². The lowest BCUT2D eigenvalue weighted by atomic mass is 10.2. The molecule has 0 fully saturated rings. The van der Waals surface area contributed by atoms with Crippen molar-refractivity contribution in [1.82, 2.24) is 9.78 Å². The van der Waals surface area contributed by atoms with Gasteiger partial charge >= 0.3 is 0 Å². The molecule has 1 N–H and O–H groups in total. The molecule has 0 aliphatic carbocycles. The van der Waals surface area contributed by atoms with Crippen LogP contribution in [0, 0.1) is 0 Å². The van der Waals surface area contributed by atoms with Crippen molar-refractivity contribution in [1.29, 1.82) is 0 Å². The number of benzene rings is 3. The van der Waals surface area contributed by atoms with Gasteiger partial charge in [0.25, 0.3) is 0 Å². The first kappa shape index (κ1) is 17.7. The molecule has 0 atom stereocenters. The molecule has 0 bridgehead atoms. The minimum Gasteiger partial charge on any atom is -0.497 e. The van der Waals surface area contributed by atoms with E-state index in [1.54, 1.807) is 21.3 Å². The Morgan fingerprint density at radius 3 is 2.00 bits per heavy atom. The Hall–Kier alpha value is -3.67. The van der Waals surface area contributed by atoms with Gasteiger partial charge in [-0.25, -0.2) is 4.68 Å². The highest BCUT2D eigenvalue weighted by Gasteiger charge is 2.16. The van der Waals surface area contributed by atoms with E-state index in [2.05, 4.69) is 5.32 Å². The molecule has 0 unspecified atom stereocenters. The average molecular weight is 375 g/mol. The van der Waals surface area contributed by atoms with Crippen LogP contribution in [0.2, 0.25) is 0 Å². The van der Waals surface area contributed by atoms with Crippen LogP contribution >= 0.6 is 0 Å². The number of hydrogen-bond donors (Lipinski definition) is 1. The molecule has 1 aromatic heterocycles. The fraction of sp³-hybridized carbons (Fsp3) is 0.136. The third-order valence-electron chi connectivity index (χ3n) is 4.56. The lowest BCUT2D eigenvalue weighted by Crippen LogP contribution is -2.02. The van der Waals surface area contributed by atoms with Gasteiger partial charge in [-0.05, 0) is 60.7 Å². The fourth-order valence-corrected chi connectivity index (χ4v) is 3.09. The van der Waals surface area contributed by atoms with Crippen LogP contribution < -0.4 is 19.5 Å². The van der Waals surface area contributed by atoms with Crippen LogP contribution in [-0.2, 0) is 0 Å². The molecule has 0 amide bonds. The van der Waals surface area contributed by atoms with Gasteiger partial charge in [-0.2, -0.15) is 5.10 Å². The summed E-state index contributed by atoms with van der Waals surface area (Å²) in [7, 11) is 4.96. The normalized spacial score (nSPS) is 10.7. The lowest BCUT2D eigenvalue weighted by molar-refractivity contribution is 0.414. The summed E-state index contributed by atoms with van der Waals surface area (Å²) in [5.74, 6) is 3.18. The summed E-state index contributed by atoms with van der Waals surface area (Å²) < 4.78 is 17.9. The van der Waals surface area contributed by atoms with Gasteiger partial charge in [0.2, 0.25) is 0 Å². The minimum absolute atomic E-state index is 0.725. The number of rotatable bonds is 6. The Balaban J connectivity index is 1.85. The molecular formula is C22H21N3O3. The second kappa shape index (κ2) is 7.52. The van der Waals surface area contributed by atoms with Crippen LogP contribution in [0.1, 0.15) is 0 Å². The van der Waals surface area contributed by atoms with Crippen molar-refractivity contribution in [3.8, 4) is 22.9 Å². The van der Waals surface area contributed by atoms with Crippen LogP contribution in [0.25, 0.3) is 16.6 Å². The van der Waals surface area contributed by atoms with Gasteiger partial charge in [0.15, 0.2) is 0 Å². The highest BCUT2D eigenvalue weighted by molar-refractivity contribution is 5.96. The number of ether oxygens (including phenoxy) is 3. The molecule has 0 spiro atoms. The van der Waals surface area contributed by atoms with Crippen LogP contribution in [0.5, 0.6) is 17.2 Å². The van der Waals surface area contributed by atoms with E-state index in [-0.39, 0.29) is 0 Å². The van der Waals surface area contributed by atoms with Gasteiger partial charge in [0.1, 0.15) is 28.6 Å². The second-order valence-corrected chi connectivity index (χ2v) is 6.17. The third kappa shape index (κ3) is 3.20. The predicted octanol–water partition coefficient (Wildman–Crippen LogP) is 4.79. The lowest BCUT2D eigenvalue weighted by Gasteiger charge is -2.11. The van der Waals surface area contributed by atoms with E-state index in [9.17, 15) is 0 Å². The quantitative estimate of drug-likeness (QED) is 0.525. The number of anilines is 2. The summed E-state index contributed by atoms with van der Waals surface area (Å²) in [6.45, 7) is 0. The first-order valence-electron chi connectivity index (χ1n) is 8.84. The van der Waals surface area contributed by atoms with Crippen LogP contribution in [0.15, 0.2) is 66.7 Å². The van der Waals surface area contributed by atoms with Gasteiger partial charge in [0, 0.05) is 11.1 Å². The zero-order chi connectivity index (χ0) is 19.5. The summed E-state index contributed by atoms with van der Waals surface area (Å²) in [6, 6.07) is 21.4. The monoisotopic (exact) mass is 375 g/mol. The number of methoxy groups -OCH3 is 3. The molecule has 4 rings (SSSR count). The van der Waals surface area contributed by atoms with E-state index in [0.29, 0.717) is 0 Å². The van der Waals surface area contributed by atoms with Crippen molar-refractivity contribution in [2.75, 3.05) is 26.6 Å². The van der Waals surface area contributed by atoms with Crippen LogP contribution in [0.3, 0.4) is 0 Å². The maximum atomic E-state index is 5.51. The predicted molar refractivity (Wildman–Crippen MR) is 110 cm³/mol. The summed E-state index contributed by atoms with van der Waals surface area (Å²) in [6.07, 6.45) is 0. The summed E-state index contributed by atoms with van der Waals surface area (Å²) in [4.78, 5) is 0. The Bertz CT molecular complexity index is 1090. The van der Waals surface area contributed by atoms with Crippen molar-refractivity contribution in [3.63, 3.8) is 0 Å². The standard InChI is InChI=1S/C22H21N3O3/c1-26-17-11-7-15(8-12-17)23-22-19-5-4-6-20(28-3)21(19)24-25(22)16-9-13-18(27-2)14-10-16/h4-14,23H,1-3H3.